The molecule has 0 aliphatic carbocycles. The van der Waals surface area contributed by atoms with Gasteiger partial charge in [0.1, 0.15) is 12.5 Å². The van der Waals surface area contributed by atoms with Gasteiger partial charge in [-0.15, -0.1) is 0 Å². The quantitative estimate of drug-likeness (QED) is 0.607. The lowest BCUT2D eigenvalue weighted by molar-refractivity contribution is -0.143. The normalized spacial score (nSPS) is 18.3. The van der Waals surface area contributed by atoms with Crippen molar-refractivity contribution in [2.24, 2.45) is 0 Å². The molecule has 0 aromatic rings. The van der Waals surface area contributed by atoms with E-state index >= 15 is 0 Å². The summed E-state index contributed by atoms with van der Waals surface area (Å²) in [4.78, 5) is 11.2. The number of hydrogen-bond donors (Lipinski definition) is 0. The van der Waals surface area contributed by atoms with E-state index in [4.69, 9.17) is 23.7 Å². The first-order chi connectivity index (χ1) is 6.86. The highest BCUT2D eigenvalue weighted by Crippen LogP contribution is 2.11. The number of carbonyl (C=O) groups excluding carboxylic acids is 1. The maximum atomic E-state index is 11.2. The SMILES string of the molecule is O=C(OCC1=COCO1)C1=COCO1. The van der Waals surface area contributed by atoms with Crippen molar-refractivity contribution in [1.29, 1.82) is 0 Å². The van der Waals surface area contributed by atoms with Gasteiger partial charge in [0.05, 0.1) is 0 Å². The van der Waals surface area contributed by atoms with Crippen LogP contribution in [0.15, 0.2) is 24.0 Å². The Morgan fingerprint density at radius 3 is 2.71 bits per heavy atom. The van der Waals surface area contributed by atoms with E-state index in [0.717, 1.165) is 0 Å². The Kier molecular flexibility index (Phi) is 2.44. The Bertz CT molecular complexity index is 292. The summed E-state index contributed by atoms with van der Waals surface area (Å²) in [6.45, 7) is 0.238. The van der Waals surface area contributed by atoms with Gasteiger partial charge in [0.15, 0.2) is 12.4 Å². The second-order valence-electron chi connectivity index (χ2n) is 2.50. The highest BCUT2D eigenvalue weighted by atomic mass is 16.7. The molecule has 0 fully saturated rings. The van der Waals surface area contributed by atoms with E-state index in [-0.39, 0.29) is 26.0 Å². The minimum atomic E-state index is -0.584. The minimum Gasteiger partial charge on any atom is -0.461 e. The maximum Gasteiger partial charge on any atom is 0.377 e. The van der Waals surface area contributed by atoms with Crippen LogP contribution in [0.5, 0.6) is 0 Å². The summed E-state index contributed by atoms with van der Waals surface area (Å²) in [6.07, 6.45) is 2.61. The molecule has 14 heavy (non-hydrogen) atoms. The average Bonchev–Trinajstić information content (AvgIpc) is 2.87. The molecule has 0 amide bonds. The smallest absolute Gasteiger partial charge is 0.377 e. The molecule has 2 heterocycles. The second-order valence-corrected chi connectivity index (χ2v) is 2.50. The van der Waals surface area contributed by atoms with Crippen molar-refractivity contribution in [1.82, 2.24) is 0 Å². The van der Waals surface area contributed by atoms with Crippen LogP contribution in [0.4, 0.5) is 0 Å². The molecular formula is C8H8O6. The molecule has 0 spiro atoms. The van der Waals surface area contributed by atoms with Crippen molar-refractivity contribution < 1.29 is 28.5 Å². The van der Waals surface area contributed by atoms with E-state index in [1.165, 1.54) is 12.5 Å². The molecule has 0 aromatic heterocycles. The minimum absolute atomic E-state index is 0.0273. The predicted octanol–water partition coefficient (Wildman–Crippen LogP) is 0.221. The molecule has 0 saturated heterocycles. The van der Waals surface area contributed by atoms with E-state index in [0.29, 0.717) is 5.76 Å². The molecule has 2 aliphatic heterocycles. The van der Waals surface area contributed by atoms with Gasteiger partial charge >= 0.3 is 5.97 Å². The fourth-order valence-corrected chi connectivity index (χ4v) is 0.902. The van der Waals surface area contributed by atoms with Gasteiger partial charge in [-0.25, -0.2) is 4.79 Å². The molecule has 0 unspecified atom stereocenters. The predicted molar refractivity (Wildman–Crippen MR) is 41.2 cm³/mol. The van der Waals surface area contributed by atoms with Crippen LogP contribution in [-0.4, -0.2) is 26.2 Å². The van der Waals surface area contributed by atoms with Crippen LogP contribution in [-0.2, 0) is 28.5 Å². The molecule has 0 saturated carbocycles. The summed E-state index contributed by atoms with van der Waals surface area (Å²) in [5, 5.41) is 0. The molecular weight excluding hydrogens is 192 g/mol. The second kappa shape index (κ2) is 3.91. The summed E-state index contributed by atoms with van der Waals surface area (Å²) < 4.78 is 24.0. The van der Waals surface area contributed by atoms with E-state index in [1.807, 2.05) is 0 Å². The highest BCUT2D eigenvalue weighted by molar-refractivity contribution is 5.86. The van der Waals surface area contributed by atoms with Crippen LogP contribution >= 0.6 is 0 Å². The first kappa shape index (κ1) is 8.74. The van der Waals surface area contributed by atoms with Gasteiger partial charge in [0, 0.05) is 0 Å². The topological polar surface area (TPSA) is 63.2 Å². The Morgan fingerprint density at radius 2 is 2.07 bits per heavy atom. The van der Waals surface area contributed by atoms with Gasteiger partial charge < -0.3 is 23.7 Å². The van der Waals surface area contributed by atoms with E-state index in [1.54, 1.807) is 0 Å². The van der Waals surface area contributed by atoms with Crippen molar-refractivity contribution in [2.45, 2.75) is 0 Å². The standard InChI is InChI=1S/C8H8O6/c9-8(7-3-11-5-14-7)12-2-6-1-10-4-13-6/h1,3H,2,4-5H2. The maximum absolute atomic E-state index is 11.2. The summed E-state index contributed by atoms with van der Waals surface area (Å²) in [7, 11) is 0. The number of hydrogen-bond acceptors (Lipinski definition) is 6. The Hall–Kier alpha value is -1.85. The molecule has 2 aliphatic rings. The molecule has 6 heteroatoms. The molecule has 6 nitrogen and oxygen atoms in total. The Morgan fingerprint density at radius 1 is 1.29 bits per heavy atom. The molecule has 2 rings (SSSR count). The summed E-state index contributed by atoms with van der Waals surface area (Å²) in [6, 6.07) is 0. The molecule has 0 aromatic carbocycles. The van der Waals surface area contributed by atoms with Crippen molar-refractivity contribution in [3.05, 3.63) is 24.0 Å². The third-order valence-electron chi connectivity index (χ3n) is 1.55. The van der Waals surface area contributed by atoms with Gasteiger partial charge in [-0.05, 0) is 0 Å². The summed E-state index contributed by atoms with van der Waals surface area (Å²) in [5.74, 6) is -0.0544. The zero-order chi connectivity index (χ0) is 9.80. The molecule has 76 valence electrons. The number of esters is 1. The first-order valence-corrected chi connectivity index (χ1v) is 3.91. The molecule has 0 N–H and O–H groups in total. The number of carbonyl (C=O) groups is 1. The zero-order valence-electron chi connectivity index (χ0n) is 7.23. The molecule has 0 radical (unpaired) electrons. The van der Waals surface area contributed by atoms with Gasteiger partial charge in [-0.3, -0.25) is 0 Å². The zero-order valence-corrected chi connectivity index (χ0v) is 7.23. The van der Waals surface area contributed by atoms with Crippen LogP contribution in [0.2, 0.25) is 0 Å². The third-order valence-corrected chi connectivity index (χ3v) is 1.55. The van der Waals surface area contributed by atoms with E-state index in [9.17, 15) is 4.79 Å². The van der Waals surface area contributed by atoms with E-state index in [2.05, 4.69) is 0 Å². The first-order valence-electron chi connectivity index (χ1n) is 3.91. The van der Waals surface area contributed by atoms with Crippen molar-refractivity contribution >= 4 is 5.97 Å². The Balaban J connectivity index is 1.77. The van der Waals surface area contributed by atoms with E-state index < -0.39 is 5.97 Å². The lowest BCUT2D eigenvalue weighted by Gasteiger charge is -2.03. The van der Waals surface area contributed by atoms with Gasteiger partial charge in [0.25, 0.3) is 0 Å². The molecule has 0 bridgehead atoms. The number of rotatable bonds is 3. The van der Waals surface area contributed by atoms with Crippen molar-refractivity contribution in [3.8, 4) is 0 Å². The summed E-state index contributed by atoms with van der Waals surface area (Å²) >= 11 is 0. The van der Waals surface area contributed by atoms with Crippen LogP contribution in [0.25, 0.3) is 0 Å². The fraction of sp³-hybridized carbons (Fsp3) is 0.375. The average molecular weight is 200 g/mol. The third kappa shape index (κ3) is 1.90. The monoisotopic (exact) mass is 200 g/mol. The largest absolute Gasteiger partial charge is 0.461 e. The van der Waals surface area contributed by atoms with Crippen LogP contribution in [0, 0.1) is 0 Å². The van der Waals surface area contributed by atoms with Gasteiger partial charge in [-0.1, -0.05) is 0 Å². The van der Waals surface area contributed by atoms with Gasteiger partial charge in [-0.2, -0.15) is 0 Å². The number of ether oxygens (including phenoxy) is 5. The summed E-state index contributed by atoms with van der Waals surface area (Å²) in [5.41, 5.74) is 0. The van der Waals surface area contributed by atoms with Gasteiger partial charge in [0.2, 0.25) is 19.3 Å². The van der Waals surface area contributed by atoms with Crippen LogP contribution in [0.3, 0.4) is 0 Å². The van der Waals surface area contributed by atoms with Crippen molar-refractivity contribution in [3.63, 3.8) is 0 Å². The fourth-order valence-electron chi connectivity index (χ4n) is 0.902. The Labute approximate surface area is 79.6 Å². The van der Waals surface area contributed by atoms with Crippen LogP contribution < -0.4 is 0 Å². The highest BCUT2D eigenvalue weighted by Gasteiger charge is 2.19. The lowest BCUT2D eigenvalue weighted by atomic mass is 10.5. The van der Waals surface area contributed by atoms with Crippen LogP contribution in [0.1, 0.15) is 0 Å². The molecule has 0 atom stereocenters. The lowest BCUT2D eigenvalue weighted by Crippen LogP contribution is -2.10. The van der Waals surface area contributed by atoms with Crippen molar-refractivity contribution in [2.75, 3.05) is 20.2 Å².